The SMILES string of the molecule is CC(NC(=O)Cn1cc(N)cn1)c1cccc(Cl)c1. The molecule has 1 unspecified atom stereocenters. The van der Waals surface area contributed by atoms with Gasteiger partial charge < -0.3 is 11.1 Å². The van der Waals surface area contributed by atoms with Gasteiger partial charge in [-0.05, 0) is 24.6 Å². The van der Waals surface area contributed by atoms with Crippen LogP contribution in [0.2, 0.25) is 5.02 Å². The molecule has 1 aromatic carbocycles. The minimum absolute atomic E-state index is 0.112. The third-order valence-electron chi connectivity index (χ3n) is 2.68. The number of hydrogen-bond donors (Lipinski definition) is 2. The highest BCUT2D eigenvalue weighted by atomic mass is 35.5. The molecule has 1 heterocycles. The number of rotatable bonds is 4. The lowest BCUT2D eigenvalue weighted by atomic mass is 10.1. The second-order valence-corrected chi connectivity index (χ2v) is 4.75. The molecule has 100 valence electrons. The molecule has 2 rings (SSSR count). The molecule has 0 bridgehead atoms. The third-order valence-corrected chi connectivity index (χ3v) is 2.92. The molecule has 5 nitrogen and oxygen atoms in total. The highest BCUT2D eigenvalue weighted by Gasteiger charge is 2.10. The van der Waals surface area contributed by atoms with Crippen molar-refractivity contribution in [3.05, 3.63) is 47.2 Å². The molecule has 2 aromatic rings. The van der Waals surface area contributed by atoms with E-state index in [1.54, 1.807) is 12.3 Å². The number of benzene rings is 1. The molecule has 0 aliphatic carbocycles. The number of nitrogens with one attached hydrogen (secondary N) is 1. The Kier molecular flexibility index (Phi) is 4.06. The molecule has 0 radical (unpaired) electrons. The number of amides is 1. The van der Waals surface area contributed by atoms with Gasteiger partial charge >= 0.3 is 0 Å². The van der Waals surface area contributed by atoms with E-state index in [0.29, 0.717) is 10.7 Å². The van der Waals surface area contributed by atoms with Crippen molar-refractivity contribution >= 4 is 23.2 Å². The predicted octanol–water partition coefficient (Wildman–Crippen LogP) is 2.00. The molecule has 0 aliphatic rings. The van der Waals surface area contributed by atoms with Crippen LogP contribution in [0.3, 0.4) is 0 Å². The fourth-order valence-electron chi connectivity index (χ4n) is 1.76. The summed E-state index contributed by atoms with van der Waals surface area (Å²) in [7, 11) is 0. The Morgan fingerprint density at radius 2 is 2.37 bits per heavy atom. The van der Waals surface area contributed by atoms with Gasteiger partial charge in [0.1, 0.15) is 6.54 Å². The van der Waals surface area contributed by atoms with Crippen molar-refractivity contribution < 1.29 is 4.79 Å². The highest BCUT2D eigenvalue weighted by Crippen LogP contribution is 2.17. The second-order valence-electron chi connectivity index (χ2n) is 4.32. The van der Waals surface area contributed by atoms with E-state index in [2.05, 4.69) is 10.4 Å². The van der Waals surface area contributed by atoms with Crippen molar-refractivity contribution in [2.24, 2.45) is 0 Å². The molecule has 19 heavy (non-hydrogen) atoms. The van der Waals surface area contributed by atoms with Crippen LogP contribution in [0.1, 0.15) is 18.5 Å². The van der Waals surface area contributed by atoms with Crippen LogP contribution in [0.4, 0.5) is 5.69 Å². The molecule has 0 saturated heterocycles. The molecular formula is C13H15ClN4O. The Balaban J connectivity index is 1.95. The topological polar surface area (TPSA) is 72.9 Å². The maximum absolute atomic E-state index is 11.8. The Hall–Kier alpha value is -2.01. The lowest BCUT2D eigenvalue weighted by Gasteiger charge is -2.14. The van der Waals surface area contributed by atoms with Crippen LogP contribution < -0.4 is 11.1 Å². The van der Waals surface area contributed by atoms with Crippen LogP contribution in [0, 0.1) is 0 Å². The van der Waals surface area contributed by atoms with Gasteiger partial charge in [0, 0.05) is 11.2 Å². The maximum atomic E-state index is 11.8. The molecule has 0 spiro atoms. The van der Waals surface area contributed by atoms with Gasteiger partial charge in [-0.1, -0.05) is 23.7 Å². The van der Waals surface area contributed by atoms with E-state index in [1.807, 2.05) is 25.1 Å². The van der Waals surface area contributed by atoms with Gasteiger partial charge in [-0.3, -0.25) is 9.48 Å². The first-order valence-corrected chi connectivity index (χ1v) is 6.25. The molecule has 0 saturated carbocycles. The van der Waals surface area contributed by atoms with E-state index in [1.165, 1.54) is 10.9 Å². The summed E-state index contributed by atoms with van der Waals surface area (Å²) in [5.74, 6) is -0.129. The molecule has 1 aromatic heterocycles. The number of nitrogen functional groups attached to an aromatic ring is 1. The monoisotopic (exact) mass is 278 g/mol. The molecule has 1 atom stereocenters. The van der Waals surface area contributed by atoms with E-state index < -0.39 is 0 Å². The summed E-state index contributed by atoms with van der Waals surface area (Å²) in [5, 5.41) is 7.49. The zero-order chi connectivity index (χ0) is 13.8. The van der Waals surface area contributed by atoms with Gasteiger partial charge in [0.15, 0.2) is 0 Å². The summed E-state index contributed by atoms with van der Waals surface area (Å²) in [5.41, 5.74) is 7.03. The lowest BCUT2D eigenvalue weighted by molar-refractivity contribution is -0.122. The number of aromatic nitrogens is 2. The van der Waals surface area contributed by atoms with E-state index in [4.69, 9.17) is 17.3 Å². The highest BCUT2D eigenvalue weighted by molar-refractivity contribution is 6.30. The van der Waals surface area contributed by atoms with Crippen molar-refractivity contribution in [3.8, 4) is 0 Å². The normalized spacial score (nSPS) is 12.1. The lowest BCUT2D eigenvalue weighted by Crippen LogP contribution is -2.30. The summed E-state index contributed by atoms with van der Waals surface area (Å²) in [6, 6.07) is 7.29. The number of carbonyl (C=O) groups excluding carboxylic acids is 1. The predicted molar refractivity (Wildman–Crippen MR) is 74.6 cm³/mol. The minimum Gasteiger partial charge on any atom is -0.396 e. The zero-order valence-corrected chi connectivity index (χ0v) is 11.3. The fourth-order valence-corrected chi connectivity index (χ4v) is 1.96. The van der Waals surface area contributed by atoms with Crippen LogP contribution in [0.5, 0.6) is 0 Å². The number of hydrogen-bond acceptors (Lipinski definition) is 3. The maximum Gasteiger partial charge on any atom is 0.242 e. The zero-order valence-electron chi connectivity index (χ0n) is 10.5. The van der Waals surface area contributed by atoms with Gasteiger partial charge in [0.05, 0.1) is 17.9 Å². The molecule has 3 N–H and O–H groups in total. The molecule has 0 fully saturated rings. The van der Waals surface area contributed by atoms with Crippen molar-refractivity contribution in [1.29, 1.82) is 0 Å². The number of halogens is 1. The summed E-state index contributed by atoms with van der Waals surface area (Å²) >= 11 is 5.92. The first-order chi connectivity index (χ1) is 9.04. The van der Waals surface area contributed by atoms with Crippen molar-refractivity contribution in [1.82, 2.24) is 15.1 Å². The molecular weight excluding hydrogens is 264 g/mol. The van der Waals surface area contributed by atoms with Gasteiger partial charge in [-0.15, -0.1) is 0 Å². The first kappa shape index (κ1) is 13.4. The number of anilines is 1. The average Bonchev–Trinajstić information content (AvgIpc) is 2.74. The number of nitrogens with zero attached hydrogens (tertiary/aromatic N) is 2. The van der Waals surface area contributed by atoms with Gasteiger partial charge in [0.2, 0.25) is 5.91 Å². The van der Waals surface area contributed by atoms with E-state index in [-0.39, 0.29) is 18.5 Å². The standard InChI is InChI=1S/C13H15ClN4O/c1-9(10-3-2-4-11(14)5-10)17-13(19)8-18-7-12(15)6-16-18/h2-7,9H,8,15H2,1H3,(H,17,19). The summed E-state index contributed by atoms with van der Waals surface area (Å²) in [4.78, 5) is 11.8. The van der Waals surface area contributed by atoms with Gasteiger partial charge in [-0.2, -0.15) is 5.10 Å². The molecule has 1 amide bonds. The van der Waals surface area contributed by atoms with Crippen LogP contribution in [-0.2, 0) is 11.3 Å². The minimum atomic E-state index is -0.129. The Bertz CT molecular complexity index is 582. The van der Waals surface area contributed by atoms with E-state index >= 15 is 0 Å². The van der Waals surface area contributed by atoms with Crippen molar-refractivity contribution in [3.63, 3.8) is 0 Å². The van der Waals surface area contributed by atoms with Gasteiger partial charge in [-0.25, -0.2) is 0 Å². The van der Waals surface area contributed by atoms with Crippen LogP contribution in [-0.4, -0.2) is 15.7 Å². The number of nitrogens with two attached hydrogens (primary N) is 1. The number of carbonyl (C=O) groups is 1. The smallest absolute Gasteiger partial charge is 0.242 e. The quantitative estimate of drug-likeness (QED) is 0.898. The second kappa shape index (κ2) is 5.75. The van der Waals surface area contributed by atoms with Crippen molar-refractivity contribution in [2.45, 2.75) is 19.5 Å². The Morgan fingerprint density at radius 1 is 1.58 bits per heavy atom. The summed E-state index contributed by atoms with van der Waals surface area (Å²) < 4.78 is 1.50. The first-order valence-electron chi connectivity index (χ1n) is 5.87. The van der Waals surface area contributed by atoms with E-state index in [9.17, 15) is 4.79 Å². The fraction of sp³-hybridized carbons (Fsp3) is 0.231. The largest absolute Gasteiger partial charge is 0.396 e. The Morgan fingerprint density at radius 3 is 3.00 bits per heavy atom. The van der Waals surface area contributed by atoms with Crippen LogP contribution >= 0.6 is 11.6 Å². The third kappa shape index (κ3) is 3.72. The van der Waals surface area contributed by atoms with Crippen LogP contribution in [0.25, 0.3) is 0 Å². The Labute approximate surface area is 116 Å². The average molecular weight is 279 g/mol. The van der Waals surface area contributed by atoms with E-state index in [0.717, 1.165) is 5.56 Å². The molecule has 6 heteroatoms. The van der Waals surface area contributed by atoms with Gasteiger partial charge in [0.25, 0.3) is 0 Å². The summed E-state index contributed by atoms with van der Waals surface area (Å²) in [6.45, 7) is 2.04. The van der Waals surface area contributed by atoms with Crippen LogP contribution in [0.15, 0.2) is 36.7 Å². The summed E-state index contributed by atoms with van der Waals surface area (Å²) in [6.07, 6.45) is 3.12. The van der Waals surface area contributed by atoms with Crippen molar-refractivity contribution in [2.75, 3.05) is 5.73 Å². The molecule has 0 aliphatic heterocycles.